The lowest BCUT2D eigenvalue weighted by Crippen LogP contribution is -2.58. The van der Waals surface area contributed by atoms with Gasteiger partial charge >= 0.3 is 0 Å². The summed E-state index contributed by atoms with van der Waals surface area (Å²) < 4.78 is 7.16. The number of hydrogen-bond donors (Lipinski definition) is 6. The maximum Gasteiger partial charge on any atom is 0.181 e. The summed E-state index contributed by atoms with van der Waals surface area (Å²) >= 11 is 0. The molecule has 3 heterocycles. The second-order valence-electron chi connectivity index (χ2n) is 5.99. The zero-order valence-corrected chi connectivity index (χ0v) is 13.4. The van der Waals surface area contributed by atoms with Crippen molar-refractivity contribution in [3.8, 4) is 0 Å². The molecule has 0 saturated carbocycles. The minimum atomic E-state index is -2.01. The summed E-state index contributed by atoms with van der Waals surface area (Å²) in [6, 6.07) is 0. The summed E-state index contributed by atoms with van der Waals surface area (Å²) in [4.78, 5) is 12.1. The van der Waals surface area contributed by atoms with E-state index >= 15 is 0 Å². The van der Waals surface area contributed by atoms with E-state index in [0.717, 1.165) is 0 Å². The number of nitrogen functional groups attached to an aromatic ring is 1. The van der Waals surface area contributed by atoms with E-state index in [-0.39, 0.29) is 29.8 Å². The molecule has 3 rings (SSSR count). The molecule has 1 aliphatic rings. The molecule has 1 aliphatic heterocycles. The molecule has 4 atom stereocenters. The third kappa shape index (κ3) is 2.39. The number of rotatable bonds is 6. The van der Waals surface area contributed by atoms with Crippen molar-refractivity contribution in [2.45, 2.75) is 36.4 Å². The van der Waals surface area contributed by atoms with E-state index in [2.05, 4.69) is 15.0 Å². The molecule has 2 aromatic heterocycles. The highest BCUT2D eigenvalue weighted by atomic mass is 16.6. The highest BCUT2D eigenvalue weighted by Gasteiger charge is 2.65. The van der Waals surface area contributed by atoms with Crippen LogP contribution in [0.4, 0.5) is 5.82 Å². The van der Waals surface area contributed by atoms with Gasteiger partial charge in [0.1, 0.15) is 29.7 Å². The van der Waals surface area contributed by atoms with Gasteiger partial charge < -0.3 is 36.0 Å². The van der Waals surface area contributed by atoms with Crippen molar-refractivity contribution >= 4 is 17.0 Å². The summed E-state index contributed by atoms with van der Waals surface area (Å²) in [5.41, 5.74) is 2.55. The van der Waals surface area contributed by atoms with Crippen LogP contribution in [0, 0.1) is 0 Å². The van der Waals surface area contributed by atoms with E-state index in [0.29, 0.717) is 0 Å². The Hall–Kier alpha value is -1.89. The summed E-state index contributed by atoms with van der Waals surface area (Å²) in [7, 11) is 0. The van der Waals surface area contributed by atoms with Crippen LogP contribution < -0.4 is 5.73 Å². The first-order valence-electron chi connectivity index (χ1n) is 7.80. The van der Waals surface area contributed by atoms with Gasteiger partial charge in [-0.25, -0.2) is 15.0 Å². The van der Waals surface area contributed by atoms with Crippen molar-refractivity contribution in [1.29, 1.82) is 0 Å². The molecule has 0 amide bonds. The summed E-state index contributed by atoms with van der Waals surface area (Å²) in [5, 5.41) is 50.2. The molecule has 7 N–H and O–H groups in total. The maximum atomic E-state index is 11.2. The molecule has 1 saturated heterocycles. The van der Waals surface area contributed by atoms with Crippen LogP contribution in [0.1, 0.15) is 12.8 Å². The lowest BCUT2D eigenvalue weighted by atomic mass is 9.81. The molecule has 2 aromatic rings. The monoisotopic (exact) mass is 355 g/mol. The third-order valence-electron chi connectivity index (χ3n) is 4.74. The van der Waals surface area contributed by atoms with Gasteiger partial charge in [0.15, 0.2) is 17.2 Å². The Bertz CT molecular complexity index is 756. The predicted molar refractivity (Wildman–Crippen MR) is 84.0 cm³/mol. The zero-order chi connectivity index (χ0) is 18.2. The normalized spacial score (nSPS) is 32.5. The first-order valence-corrected chi connectivity index (χ1v) is 7.80. The van der Waals surface area contributed by atoms with E-state index < -0.39 is 43.4 Å². The molecule has 0 aromatic carbocycles. The largest absolute Gasteiger partial charge is 0.396 e. The Labute approximate surface area is 142 Å². The molecule has 0 unspecified atom stereocenters. The Kier molecular flexibility index (Phi) is 4.62. The van der Waals surface area contributed by atoms with Gasteiger partial charge in [-0.2, -0.15) is 0 Å². The fourth-order valence-electron chi connectivity index (χ4n) is 3.54. The van der Waals surface area contributed by atoms with E-state index in [1.165, 1.54) is 17.2 Å². The van der Waals surface area contributed by atoms with E-state index in [1.807, 2.05) is 0 Å². The SMILES string of the molecule is Nc1ncnc2c1ncn2[C@]1(CCO)O[C@H](CO)[C@@H](O)[C@]1(O)CCO. The Morgan fingerprint density at radius 2 is 1.88 bits per heavy atom. The zero-order valence-electron chi connectivity index (χ0n) is 13.4. The summed E-state index contributed by atoms with van der Waals surface area (Å²) in [5.74, 6) is 0.117. The van der Waals surface area contributed by atoms with Crippen molar-refractivity contribution < 1.29 is 30.3 Å². The van der Waals surface area contributed by atoms with Crippen LogP contribution in [0.2, 0.25) is 0 Å². The fourth-order valence-corrected chi connectivity index (χ4v) is 3.54. The number of aliphatic hydroxyl groups is 5. The van der Waals surface area contributed by atoms with Crippen LogP contribution in [0.15, 0.2) is 12.7 Å². The van der Waals surface area contributed by atoms with Crippen LogP contribution >= 0.6 is 0 Å². The minimum absolute atomic E-state index is 0.117. The number of fused-ring (bicyclic) bond motifs is 1. The molecule has 11 heteroatoms. The quantitative estimate of drug-likeness (QED) is 0.319. The fraction of sp³-hybridized carbons (Fsp3) is 0.643. The Balaban J connectivity index is 2.25. The van der Waals surface area contributed by atoms with Crippen molar-refractivity contribution in [1.82, 2.24) is 19.5 Å². The van der Waals surface area contributed by atoms with Gasteiger partial charge in [-0.3, -0.25) is 4.57 Å². The molecule has 25 heavy (non-hydrogen) atoms. The molecular formula is C14H21N5O6. The molecular weight excluding hydrogens is 334 g/mol. The average molecular weight is 355 g/mol. The predicted octanol–water partition coefficient (Wildman–Crippen LogP) is -2.69. The smallest absolute Gasteiger partial charge is 0.181 e. The van der Waals surface area contributed by atoms with Gasteiger partial charge in [0.25, 0.3) is 0 Å². The second-order valence-corrected chi connectivity index (χ2v) is 5.99. The van der Waals surface area contributed by atoms with Gasteiger partial charge in [-0.1, -0.05) is 0 Å². The topological polar surface area (TPSA) is 180 Å². The number of nitrogens with two attached hydrogens (primary N) is 1. The van der Waals surface area contributed by atoms with Gasteiger partial charge in [-0.15, -0.1) is 0 Å². The van der Waals surface area contributed by atoms with Crippen LogP contribution in [0.25, 0.3) is 11.2 Å². The lowest BCUT2D eigenvalue weighted by molar-refractivity contribution is -0.207. The summed E-state index contributed by atoms with van der Waals surface area (Å²) in [6.45, 7) is -1.42. The van der Waals surface area contributed by atoms with Gasteiger partial charge in [0.2, 0.25) is 0 Å². The highest BCUT2D eigenvalue weighted by Crippen LogP contribution is 2.48. The molecule has 1 fully saturated rings. The van der Waals surface area contributed by atoms with Crippen molar-refractivity contribution in [2.75, 3.05) is 25.6 Å². The van der Waals surface area contributed by atoms with Crippen LogP contribution in [-0.4, -0.2) is 82.7 Å². The number of aromatic nitrogens is 4. The standard InChI is InChI=1S/C14H21N5O6/c15-11-9-12(17-6-16-11)19(7-18-9)14(2-4-21)13(24,1-3-20)10(23)8(5-22)25-14/h6-8,10,20-24H,1-5H2,(H2,15,16,17)/t8-,10-,13-,14-/m1/s1. The number of ether oxygens (including phenoxy) is 1. The Morgan fingerprint density at radius 1 is 1.16 bits per heavy atom. The first kappa shape index (κ1) is 17.9. The Morgan fingerprint density at radius 3 is 2.52 bits per heavy atom. The van der Waals surface area contributed by atoms with Gasteiger partial charge in [0.05, 0.1) is 12.9 Å². The van der Waals surface area contributed by atoms with Crippen LogP contribution in [0.5, 0.6) is 0 Å². The molecule has 0 radical (unpaired) electrons. The number of hydrogen-bond acceptors (Lipinski definition) is 10. The molecule has 11 nitrogen and oxygen atoms in total. The average Bonchev–Trinajstić information content (AvgIpc) is 3.11. The van der Waals surface area contributed by atoms with E-state index in [9.17, 15) is 25.5 Å². The molecule has 0 bridgehead atoms. The van der Waals surface area contributed by atoms with Gasteiger partial charge in [0, 0.05) is 26.1 Å². The van der Waals surface area contributed by atoms with Gasteiger partial charge in [-0.05, 0) is 0 Å². The van der Waals surface area contributed by atoms with Crippen LogP contribution in [-0.2, 0) is 10.5 Å². The van der Waals surface area contributed by atoms with Crippen LogP contribution in [0.3, 0.4) is 0 Å². The second kappa shape index (κ2) is 6.44. The number of nitrogens with zero attached hydrogens (tertiary/aromatic N) is 4. The van der Waals surface area contributed by atoms with Crippen molar-refractivity contribution in [3.05, 3.63) is 12.7 Å². The number of imidazole rings is 1. The highest BCUT2D eigenvalue weighted by molar-refractivity contribution is 5.81. The van der Waals surface area contributed by atoms with Crippen molar-refractivity contribution in [3.63, 3.8) is 0 Å². The van der Waals surface area contributed by atoms with E-state index in [1.54, 1.807) is 0 Å². The van der Waals surface area contributed by atoms with E-state index in [4.69, 9.17) is 10.5 Å². The maximum absolute atomic E-state index is 11.2. The lowest BCUT2D eigenvalue weighted by Gasteiger charge is -2.42. The summed E-state index contributed by atoms with van der Waals surface area (Å²) in [6.07, 6.45) is -0.521. The molecule has 0 spiro atoms. The molecule has 0 aliphatic carbocycles. The third-order valence-corrected chi connectivity index (χ3v) is 4.74. The van der Waals surface area contributed by atoms with Crippen molar-refractivity contribution in [2.24, 2.45) is 0 Å². The molecule has 138 valence electrons. The minimum Gasteiger partial charge on any atom is -0.396 e. The first-order chi connectivity index (χ1) is 11.9. The number of aliphatic hydroxyl groups excluding tert-OH is 4. The number of anilines is 1.